The van der Waals surface area contributed by atoms with Crippen LogP contribution in [0, 0.1) is 0 Å². The molecule has 0 N–H and O–H groups in total. The van der Waals surface area contributed by atoms with Crippen LogP contribution in [0.3, 0.4) is 0 Å². The maximum absolute atomic E-state index is 5.27. The lowest BCUT2D eigenvalue weighted by Crippen LogP contribution is -2.24. The zero-order valence-electron chi connectivity index (χ0n) is 6.92. The highest BCUT2D eigenvalue weighted by Gasteiger charge is 2.05. The van der Waals surface area contributed by atoms with Crippen LogP contribution in [0.15, 0.2) is 0 Å². The van der Waals surface area contributed by atoms with Crippen LogP contribution in [-0.2, 0) is 14.2 Å². The van der Waals surface area contributed by atoms with Crippen LogP contribution in [0.4, 0.5) is 0 Å². The van der Waals surface area contributed by atoms with Gasteiger partial charge in [0.05, 0.1) is 13.2 Å². The van der Waals surface area contributed by atoms with E-state index in [9.17, 15) is 0 Å². The van der Waals surface area contributed by atoms with Gasteiger partial charge in [0.2, 0.25) is 0 Å². The quantitative estimate of drug-likeness (QED) is 0.554. The average Bonchev–Trinajstić information content (AvgIpc) is 1.90. The fraction of sp³-hybridized carbons (Fsp3) is 1.00. The van der Waals surface area contributed by atoms with E-state index < -0.39 is 0 Å². The Morgan fingerprint density at radius 3 is 1.90 bits per heavy atom. The van der Waals surface area contributed by atoms with Gasteiger partial charge in [-0.2, -0.15) is 0 Å². The molecule has 0 amide bonds. The third-order valence-electron chi connectivity index (χ3n) is 1.11. The molecular weight excluding hydrogens is 132 g/mol. The summed E-state index contributed by atoms with van der Waals surface area (Å²) in [5.74, 6) is 0. The molecule has 62 valence electrons. The molecule has 10 heavy (non-hydrogen) atoms. The Hall–Kier alpha value is -0.120. The van der Waals surface area contributed by atoms with E-state index in [4.69, 9.17) is 14.2 Å². The summed E-state index contributed by atoms with van der Waals surface area (Å²) >= 11 is 0. The van der Waals surface area contributed by atoms with Crippen molar-refractivity contribution in [2.75, 3.05) is 34.0 Å². The smallest absolute Gasteiger partial charge is 0.104 e. The molecule has 0 saturated carbocycles. The van der Waals surface area contributed by atoms with Crippen LogP contribution >= 0.6 is 0 Å². The Balaban J connectivity index is 3.30. The van der Waals surface area contributed by atoms with Gasteiger partial charge in [-0.1, -0.05) is 0 Å². The summed E-state index contributed by atoms with van der Waals surface area (Å²) in [5.41, 5.74) is 0. The summed E-state index contributed by atoms with van der Waals surface area (Å²) in [6.45, 7) is 3.86. The lowest BCUT2D eigenvalue weighted by molar-refractivity contribution is -0.0365. The molecule has 0 fully saturated rings. The molecule has 0 atom stereocenters. The SMILES string of the molecule is CCOC(COC)COC. The van der Waals surface area contributed by atoms with Gasteiger partial charge in [0.1, 0.15) is 6.10 Å². The van der Waals surface area contributed by atoms with Crippen molar-refractivity contribution < 1.29 is 14.2 Å². The van der Waals surface area contributed by atoms with Gasteiger partial charge in [0.15, 0.2) is 0 Å². The van der Waals surface area contributed by atoms with Gasteiger partial charge < -0.3 is 14.2 Å². The molecule has 0 spiro atoms. The van der Waals surface area contributed by atoms with Gasteiger partial charge >= 0.3 is 0 Å². The van der Waals surface area contributed by atoms with Crippen LogP contribution in [0.2, 0.25) is 0 Å². The Morgan fingerprint density at radius 1 is 1.10 bits per heavy atom. The highest BCUT2D eigenvalue weighted by atomic mass is 16.5. The van der Waals surface area contributed by atoms with Crippen molar-refractivity contribution in [1.82, 2.24) is 0 Å². The van der Waals surface area contributed by atoms with E-state index in [1.807, 2.05) is 6.92 Å². The number of hydrogen-bond donors (Lipinski definition) is 0. The van der Waals surface area contributed by atoms with E-state index in [1.165, 1.54) is 0 Å². The first-order valence-corrected chi connectivity index (χ1v) is 3.44. The average molecular weight is 148 g/mol. The maximum Gasteiger partial charge on any atom is 0.104 e. The minimum atomic E-state index is 0.0833. The summed E-state index contributed by atoms with van der Waals surface area (Å²) in [6, 6.07) is 0. The van der Waals surface area contributed by atoms with Gasteiger partial charge in [-0.15, -0.1) is 0 Å². The summed E-state index contributed by atoms with van der Waals surface area (Å²) in [6.07, 6.45) is 0.0833. The van der Waals surface area contributed by atoms with Crippen LogP contribution in [-0.4, -0.2) is 40.1 Å². The van der Waals surface area contributed by atoms with E-state index in [0.29, 0.717) is 19.8 Å². The second kappa shape index (κ2) is 6.99. The molecular formula is C7H16O3. The number of hydrogen-bond acceptors (Lipinski definition) is 3. The fourth-order valence-electron chi connectivity index (χ4n) is 0.752. The molecule has 0 aromatic heterocycles. The van der Waals surface area contributed by atoms with Crippen molar-refractivity contribution in [3.63, 3.8) is 0 Å². The van der Waals surface area contributed by atoms with E-state index in [2.05, 4.69) is 0 Å². The molecule has 0 unspecified atom stereocenters. The highest BCUT2D eigenvalue weighted by Crippen LogP contribution is 1.92. The van der Waals surface area contributed by atoms with Gasteiger partial charge in [0, 0.05) is 20.8 Å². The predicted octanol–water partition coefficient (Wildman–Crippen LogP) is 0.684. The first-order chi connectivity index (χ1) is 4.85. The van der Waals surface area contributed by atoms with Crippen LogP contribution in [0.5, 0.6) is 0 Å². The summed E-state index contributed by atoms with van der Waals surface area (Å²) in [4.78, 5) is 0. The Bertz CT molecular complexity index is 51.6. The van der Waals surface area contributed by atoms with Gasteiger partial charge in [-0.05, 0) is 6.92 Å². The van der Waals surface area contributed by atoms with Crippen LogP contribution in [0.25, 0.3) is 0 Å². The Kier molecular flexibility index (Phi) is 6.91. The highest BCUT2D eigenvalue weighted by molar-refractivity contribution is 4.52. The van der Waals surface area contributed by atoms with Crippen LogP contribution in [0.1, 0.15) is 6.92 Å². The molecule has 0 heterocycles. The van der Waals surface area contributed by atoms with Crippen molar-refractivity contribution in [2.45, 2.75) is 13.0 Å². The topological polar surface area (TPSA) is 27.7 Å². The second-order valence-electron chi connectivity index (χ2n) is 1.99. The lowest BCUT2D eigenvalue weighted by Gasteiger charge is -2.14. The first-order valence-electron chi connectivity index (χ1n) is 3.44. The minimum Gasteiger partial charge on any atom is -0.382 e. The molecule has 0 aliphatic heterocycles. The van der Waals surface area contributed by atoms with Crippen molar-refractivity contribution in [3.8, 4) is 0 Å². The van der Waals surface area contributed by atoms with Crippen molar-refractivity contribution >= 4 is 0 Å². The van der Waals surface area contributed by atoms with Gasteiger partial charge in [0.25, 0.3) is 0 Å². The second-order valence-corrected chi connectivity index (χ2v) is 1.99. The molecule has 0 aliphatic carbocycles. The minimum absolute atomic E-state index is 0.0833. The van der Waals surface area contributed by atoms with E-state index in [1.54, 1.807) is 14.2 Å². The van der Waals surface area contributed by atoms with E-state index >= 15 is 0 Å². The molecule has 0 aromatic carbocycles. The molecule has 3 nitrogen and oxygen atoms in total. The van der Waals surface area contributed by atoms with Crippen molar-refractivity contribution in [2.24, 2.45) is 0 Å². The number of ether oxygens (including phenoxy) is 3. The lowest BCUT2D eigenvalue weighted by atomic mass is 10.4. The first kappa shape index (κ1) is 9.88. The van der Waals surface area contributed by atoms with Crippen molar-refractivity contribution in [1.29, 1.82) is 0 Å². The molecule has 0 bridgehead atoms. The Morgan fingerprint density at radius 2 is 1.60 bits per heavy atom. The zero-order valence-corrected chi connectivity index (χ0v) is 6.92. The number of rotatable bonds is 6. The normalized spacial score (nSPS) is 10.8. The zero-order chi connectivity index (χ0) is 7.82. The predicted molar refractivity (Wildman–Crippen MR) is 39.2 cm³/mol. The summed E-state index contributed by atoms with van der Waals surface area (Å²) in [5, 5.41) is 0. The molecule has 0 aromatic rings. The molecule has 0 saturated heterocycles. The molecule has 0 aliphatic rings. The van der Waals surface area contributed by atoms with E-state index in [0.717, 1.165) is 0 Å². The maximum atomic E-state index is 5.27. The number of methoxy groups -OCH3 is 2. The fourth-order valence-corrected chi connectivity index (χ4v) is 0.752. The summed E-state index contributed by atoms with van der Waals surface area (Å²) < 4.78 is 15.1. The molecule has 0 rings (SSSR count). The standard InChI is InChI=1S/C7H16O3/c1-4-10-7(5-8-2)6-9-3/h7H,4-6H2,1-3H3. The van der Waals surface area contributed by atoms with Gasteiger partial charge in [-0.3, -0.25) is 0 Å². The van der Waals surface area contributed by atoms with Gasteiger partial charge in [-0.25, -0.2) is 0 Å². The molecule has 3 heteroatoms. The van der Waals surface area contributed by atoms with Crippen LogP contribution < -0.4 is 0 Å². The molecule has 0 radical (unpaired) electrons. The van der Waals surface area contributed by atoms with Crippen molar-refractivity contribution in [3.05, 3.63) is 0 Å². The van der Waals surface area contributed by atoms with E-state index in [-0.39, 0.29) is 6.10 Å². The third-order valence-corrected chi connectivity index (χ3v) is 1.11. The third kappa shape index (κ3) is 4.73. The summed E-state index contributed by atoms with van der Waals surface area (Å²) in [7, 11) is 3.31. The Labute approximate surface area is 62.3 Å². The monoisotopic (exact) mass is 148 g/mol. The largest absolute Gasteiger partial charge is 0.382 e.